The van der Waals surface area contributed by atoms with Gasteiger partial charge in [0.1, 0.15) is 0 Å². The maximum absolute atomic E-state index is 5.36. The van der Waals surface area contributed by atoms with Gasteiger partial charge in [-0.2, -0.15) is 11.3 Å². The van der Waals surface area contributed by atoms with E-state index < -0.39 is 0 Å². The van der Waals surface area contributed by atoms with Gasteiger partial charge in [0, 0.05) is 30.6 Å². The zero-order valence-electron chi connectivity index (χ0n) is 10.7. The Morgan fingerprint density at radius 1 is 1.11 bits per heavy atom. The summed E-state index contributed by atoms with van der Waals surface area (Å²) in [5, 5.41) is 4.15. The Kier molecular flexibility index (Phi) is 3.91. The van der Waals surface area contributed by atoms with E-state index in [1.807, 2.05) is 6.21 Å². The molecule has 0 N–H and O–H groups in total. The lowest BCUT2D eigenvalue weighted by molar-refractivity contribution is 0.122. The molecule has 0 radical (unpaired) electrons. The molecule has 0 amide bonds. The third-order valence-corrected chi connectivity index (χ3v) is 3.83. The first-order valence-corrected chi connectivity index (χ1v) is 7.35. The summed E-state index contributed by atoms with van der Waals surface area (Å²) in [7, 11) is 0. The molecule has 4 heteroatoms. The van der Waals surface area contributed by atoms with Gasteiger partial charge in [0.15, 0.2) is 0 Å². The average molecular weight is 272 g/mol. The molecule has 3 nitrogen and oxygen atoms in total. The van der Waals surface area contributed by atoms with Gasteiger partial charge in [0.2, 0.25) is 0 Å². The van der Waals surface area contributed by atoms with Crippen molar-refractivity contribution in [2.45, 2.75) is 0 Å². The summed E-state index contributed by atoms with van der Waals surface area (Å²) in [6.07, 6.45) is 1.90. The SMILES string of the molecule is C(=Nc1ccc(N2CCOCC2)cc1)c1ccsc1. The molecule has 0 unspecified atom stereocenters. The van der Waals surface area contributed by atoms with E-state index in [1.165, 1.54) is 5.69 Å². The van der Waals surface area contributed by atoms with Crippen LogP contribution in [0.3, 0.4) is 0 Å². The maximum atomic E-state index is 5.36. The van der Waals surface area contributed by atoms with E-state index >= 15 is 0 Å². The van der Waals surface area contributed by atoms with E-state index in [-0.39, 0.29) is 0 Å². The number of rotatable bonds is 3. The van der Waals surface area contributed by atoms with E-state index in [4.69, 9.17) is 4.74 Å². The molecule has 1 aromatic carbocycles. The third-order valence-electron chi connectivity index (χ3n) is 3.13. The number of nitrogens with zero attached hydrogens (tertiary/aromatic N) is 2. The van der Waals surface area contributed by atoms with Gasteiger partial charge in [-0.3, -0.25) is 4.99 Å². The monoisotopic (exact) mass is 272 g/mol. The first-order chi connectivity index (χ1) is 9.42. The highest BCUT2D eigenvalue weighted by atomic mass is 32.1. The van der Waals surface area contributed by atoms with Gasteiger partial charge in [-0.05, 0) is 41.1 Å². The van der Waals surface area contributed by atoms with Gasteiger partial charge < -0.3 is 9.64 Å². The second-order valence-corrected chi connectivity index (χ2v) is 5.21. The first kappa shape index (κ1) is 12.4. The second kappa shape index (κ2) is 5.99. The molecule has 0 aliphatic carbocycles. The fraction of sp³-hybridized carbons (Fsp3) is 0.267. The topological polar surface area (TPSA) is 24.8 Å². The van der Waals surface area contributed by atoms with Crippen LogP contribution in [0.2, 0.25) is 0 Å². The quantitative estimate of drug-likeness (QED) is 0.801. The minimum absolute atomic E-state index is 0.818. The van der Waals surface area contributed by atoms with Crippen molar-refractivity contribution < 1.29 is 4.74 Å². The number of ether oxygens (including phenoxy) is 1. The van der Waals surface area contributed by atoms with Crippen LogP contribution in [-0.2, 0) is 4.74 Å². The molecule has 98 valence electrons. The smallest absolute Gasteiger partial charge is 0.0642 e. The van der Waals surface area contributed by atoms with Crippen molar-refractivity contribution in [1.29, 1.82) is 0 Å². The van der Waals surface area contributed by atoms with Crippen LogP contribution < -0.4 is 4.90 Å². The lowest BCUT2D eigenvalue weighted by atomic mass is 10.2. The van der Waals surface area contributed by atoms with Gasteiger partial charge in [0.05, 0.1) is 18.9 Å². The molecule has 2 aromatic rings. The maximum Gasteiger partial charge on any atom is 0.0642 e. The fourth-order valence-corrected chi connectivity index (χ4v) is 2.68. The Hall–Kier alpha value is -1.65. The van der Waals surface area contributed by atoms with Crippen molar-refractivity contribution in [2.24, 2.45) is 4.99 Å². The van der Waals surface area contributed by atoms with E-state index in [9.17, 15) is 0 Å². The number of anilines is 1. The highest BCUT2D eigenvalue weighted by Gasteiger charge is 2.10. The number of hydrogen-bond donors (Lipinski definition) is 0. The van der Waals surface area contributed by atoms with Gasteiger partial charge in [-0.15, -0.1) is 0 Å². The third kappa shape index (κ3) is 3.22. The Labute approximate surface area is 117 Å². The molecule has 1 aliphatic rings. The largest absolute Gasteiger partial charge is 0.378 e. The van der Waals surface area contributed by atoms with E-state index in [0.717, 1.165) is 37.6 Å². The van der Waals surface area contributed by atoms with Gasteiger partial charge in [0.25, 0.3) is 0 Å². The molecule has 0 spiro atoms. The molecule has 1 saturated heterocycles. The standard InChI is InChI=1S/C15H16N2OS/c1-3-15(17-6-8-18-9-7-17)4-2-14(1)16-11-13-5-10-19-12-13/h1-5,10-12H,6-9H2. The molecule has 1 fully saturated rings. The van der Waals surface area contributed by atoms with Crippen LogP contribution >= 0.6 is 11.3 Å². The summed E-state index contributed by atoms with van der Waals surface area (Å²) < 4.78 is 5.36. The minimum Gasteiger partial charge on any atom is -0.378 e. The molecule has 1 aliphatic heterocycles. The van der Waals surface area contributed by atoms with Crippen molar-refractivity contribution in [3.63, 3.8) is 0 Å². The summed E-state index contributed by atoms with van der Waals surface area (Å²) >= 11 is 1.69. The van der Waals surface area contributed by atoms with Crippen LogP contribution in [0.4, 0.5) is 11.4 Å². The van der Waals surface area contributed by atoms with Crippen LogP contribution in [0.1, 0.15) is 5.56 Å². The number of hydrogen-bond acceptors (Lipinski definition) is 4. The van der Waals surface area contributed by atoms with Crippen molar-refractivity contribution in [3.05, 3.63) is 46.7 Å². The van der Waals surface area contributed by atoms with E-state index in [2.05, 4.69) is 51.0 Å². The average Bonchev–Trinajstić information content (AvgIpc) is 3.00. The van der Waals surface area contributed by atoms with Crippen LogP contribution in [0.15, 0.2) is 46.1 Å². The van der Waals surface area contributed by atoms with Gasteiger partial charge in [-0.25, -0.2) is 0 Å². The first-order valence-electron chi connectivity index (χ1n) is 6.41. The minimum atomic E-state index is 0.818. The highest BCUT2D eigenvalue weighted by molar-refractivity contribution is 7.08. The molecule has 19 heavy (non-hydrogen) atoms. The van der Waals surface area contributed by atoms with Crippen molar-refractivity contribution in [3.8, 4) is 0 Å². The van der Waals surface area contributed by atoms with Crippen molar-refractivity contribution in [1.82, 2.24) is 0 Å². The predicted octanol–water partition coefficient (Wildman–Crippen LogP) is 3.34. The summed E-state index contributed by atoms with van der Waals surface area (Å²) in [4.78, 5) is 6.82. The Balaban J connectivity index is 1.68. The number of benzene rings is 1. The molecule has 0 atom stereocenters. The Morgan fingerprint density at radius 2 is 1.89 bits per heavy atom. The molecule has 1 aromatic heterocycles. The molecular weight excluding hydrogens is 256 g/mol. The van der Waals surface area contributed by atoms with Crippen molar-refractivity contribution in [2.75, 3.05) is 31.2 Å². The van der Waals surface area contributed by atoms with E-state index in [1.54, 1.807) is 11.3 Å². The molecule has 0 saturated carbocycles. The Morgan fingerprint density at radius 3 is 2.58 bits per heavy atom. The number of thiophene rings is 1. The summed E-state index contributed by atoms with van der Waals surface area (Å²) in [5.41, 5.74) is 3.39. The molecule has 0 bridgehead atoms. The molecule has 2 heterocycles. The highest BCUT2D eigenvalue weighted by Crippen LogP contribution is 2.20. The second-order valence-electron chi connectivity index (χ2n) is 4.43. The van der Waals surface area contributed by atoms with Gasteiger partial charge in [-0.1, -0.05) is 0 Å². The van der Waals surface area contributed by atoms with Gasteiger partial charge >= 0.3 is 0 Å². The van der Waals surface area contributed by atoms with E-state index in [0.29, 0.717) is 0 Å². The zero-order valence-corrected chi connectivity index (χ0v) is 11.5. The molecule has 3 rings (SSSR count). The zero-order chi connectivity index (χ0) is 12.9. The van der Waals surface area contributed by atoms with Crippen LogP contribution in [0.5, 0.6) is 0 Å². The van der Waals surface area contributed by atoms with Crippen LogP contribution in [-0.4, -0.2) is 32.5 Å². The number of aliphatic imine (C=N–C) groups is 1. The lowest BCUT2D eigenvalue weighted by Gasteiger charge is -2.28. The predicted molar refractivity (Wildman–Crippen MR) is 81.0 cm³/mol. The van der Waals surface area contributed by atoms with Crippen LogP contribution in [0, 0.1) is 0 Å². The summed E-state index contributed by atoms with van der Waals surface area (Å²) in [6, 6.07) is 10.5. The summed E-state index contributed by atoms with van der Waals surface area (Å²) in [5.74, 6) is 0. The summed E-state index contributed by atoms with van der Waals surface area (Å²) in [6.45, 7) is 3.57. The van der Waals surface area contributed by atoms with Crippen molar-refractivity contribution >= 4 is 28.9 Å². The van der Waals surface area contributed by atoms with Crippen LogP contribution in [0.25, 0.3) is 0 Å². The normalized spacial score (nSPS) is 16.1. The fourth-order valence-electron chi connectivity index (χ4n) is 2.07. The number of morpholine rings is 1. The Bertz CT molecular complexity index is 528. The lowest BCUT2D eigenvalue weighted by Crippen LogP contribution is -2.36. The molecular formula is C15H16N2OS.